The zero-order valence-corrected chi connectivity index (χ0v) is 12.7. The Hall–Kier alpha value is -2.70. The normalized spacial score (nSPS) is 10.5. The predicted octanol–water partition coefficient (Wildman–Crippen LogP) is 1.56. The molecule has 0 aliphatic heterocycles. The lowest BCUT2D eigenvalue weighted by Crippen LogP contribution is -2.30. The molecule has 1 N–H and O–H groups in total. The second kappa shape index (κ2) is 6.84. The van der Waals surface area contributed by atoms with Crippen molar-refractivity contribution in [1.29, 1.82) is 0 Å². The number of ether oxygens (including phenoxy) is 1. The minimum atomic E-state index is -0.534. The van der Waals surface area contributed by atoms with Gasteiger partial charge in [0.15, 0.2) is 5.75 Å². The molecule has 0 atom stereocenters. The van der Waals surface area contributed by atoms with Gasteiger partial charge in [-0.25, -0.2) is 9.97 Å². The van der Waals surface area contributed by atoms with E-state index >= 15 is 0 Å². The Labute approximate surface area is 128 Å². The van der Waals surface area contributed by atoms with Crippen molar-refractivity contribution in [2.24, 2.45) is 5.92 Å². The van der Waals surface area contributed by atoms with Crippen LogP contribution in [0.1, 0.15) is 24.2 Å². The second-order valence-electron chi connectivity index (χ2n) is 5.17. The molecule has 2 aromatic heterocycles. The highest BCUT2D eigenvalue weighted by atomic mass is 16.5. The number of hydrogen-bond donors (Lipinski definition) is 1. The Kier molecular flexibility index (Phi) is 4.88. The van der Waals surface area contributed by atoms with Gasteiger partial charge < -0.3 is 9.30 Å². The van der Waals surface area contributed by atoms with Crippen LogP contribution < -0.4 is 15.6 Å². The standard InChI is InChI=1S/C15H18N4O3/c1-10(2)9-19-6-4-5-12(14(19)21)13(20)18-15-16-7-11(22-3)8-17-15/h4-8,10H,9H2,1-3H3,(H,16,17,18,20). The highest BCUT2D eigenvalue weighted by Crippen LogP contribution is 2.08. The Morgan fingerprint density at radius 2 is 2.05 bits per heavy atom. The van der Waals surface area contributed by atoms with Gasteiger partial charge in [0.25, 0.3) is 11.5 Å². The molecule has 0 spiro atoms. The molecule has 7 nitrogen and oxygen atoms in total. The molecule has 0 bridgehead atoms. The van der Waals surface area contributed by atoms with Crippen molar-refractivity contribution in [3.63, 3.8) is 0 Å². The van der Waals surface area contributed by atoms with E-state index < -0.39 is 5.91 Å². The van der Waals surface area contributed by atoms with Gasteiger partial charge in [-0.15, -0.1) is 0 Å². The largest absolute Gasteiger partial charge is 0.494 e. The maximum Gasteiger partial charge on any atom is 0.263 e. The summed E-state index contributed by atoms with van der Waals surface area (Å²) in [5, 5.41) is 2.50. The number of pyridine rings is 1. The molecule has 0 aliphatic carbocycles. The number of methoxy groups -OCH3 is 1. The van der Waals surface area contributed by atoms with Crippen molar-refractivity contribution >= 4 is 11.9 Å². The first kappa shape index (κ1) is 15.7. The van der Waals surface area contributed by atoms with Crippen molar-refractivity contribution in [1.82, 2.24) is 14.5 Å². The van der Waals surface area contributed by atoms with Gasteiger partial charge in [-0.2, -0.15) is 0 Å². The van der Waals surface area contributed by atoms with Crippen LogP contribution in [0.2, 0.25) is 0 Å². The van der Waals surface area contributed by atoms with Crippen molar-refractivity contribution < 1.29 is 9.53 Å². The lowest BCUT2D eigenvalue weighted by Gasteiger charge is -2.10. The Morgan fingerprint density at radius 1 is 1.36 bits per heavy atom. The van der Waals surface area contributed by atoms with Crippen LogP contribution in [0.25, 0.3) is 0 Å². The molecule has 7 heteroatoms. The van der Waals surface area contributed by atoms with Crippen molar-refractivity contribution in [2.75, 3.05) is 12.4 Å². The third-order valence-electron chi connectivity index (χ3n) is 2.92. The van der Waals surface area contributed by atoms with Crippen LogP contribution in [0.4, 0.5) is 5.95 Å². The molecule has 2 aromatic rings. The number of anilines is 1. The fraction of sp³-hybridized carbons (Fsp3) is 0.333. The number of nitrogens with one attached hydrogen (secondary N) is 1. The Bertz CT molecular complexity index is 707. The van der Waals surface area contributed by atoms with Crippen LogP contribution in [0.15, 0.2) is 35.5 Å². The van der Waals surface area contributed by atoms with E-state index in [4.69, 9.17) is 4.74 Å². The smallest absolute Gasteiger partial charge is 0.263 e. The minimum absolute atomic E-state index is 0.0579. The number of nitrogens with zero attached hydrogens (tertiary/aromatic N) is 3. The number of hydrogen-bond acceptors (Lipinski definition) is 5. The monoisotopic (exact) mass is 302 g/mol. The van der Waals surface area contributed by atoms with E-state index in [0.717, 1.165) is 0 Å². The summed E-state index contributed by atoms with van der Waals surface area (Å²) in [5.41, 5.74) is -0.273. The van der Waals surface area contributed by atoms with E-state index in [1.165, 1.54) is 30.1 Å². The fourth-order valence-corrected chi connectivity index (χ4v) is 1.90. The van der Waals surface area contributed by atoms with Gasteiger partial charge >= 0.3 is 0 Å². The summed E-state index contributed by atoms with van der Waals surface area (Å²) in [6.45, 7) is 4.56. The first-order valence-electron chi connectivity index (χ1n) is 6.88. The zero-order chi connectivity index (χ0) is 16.1. The lowest BCUT2D eigenvalue weighted by atomic mass is 10.2. The molecular weight excluding hydrogens is 284 g/mol. The van der Waals surface area contributed by atoms with Crippen molar-refractivity contribution in [2.45, 2.75) is 20.4 Å². The molecule has 22 heavy (non-hydrogen) atoms. The molecule has 116 valence electrons. The number of carbonyl (C=O) groups is 1. The Morgan fingerprint density at radius 3 is 2.64 bits per heavy atom. The summed E-state index contributed by atoms with van der Waals surface area (Å²) in [7, 11) is 1.50. The second-order valence-corrected chi connectivity index (χ2v) is 5.17. The number of carbonyl (C=O) groups excluding carboxylic acids is 1. The van der Waals surface area contributed by atoms with E-state index in [1.54, 1.807) is 12.3 Å². The number of rotatable bonds is 5. The highest BCUT2D eigenvalue weighted by Gasteiger charge is 2.14. The first-order chi connectivity index (χ1) is 10.5. The summed E-state index contributed by atoms with van der Waals surface area (Å²) in [4.78, 5) is 32.3. The summed E-state index contributed by atoms with van der Waals surface area (Å²) < 4.78 is 6.46. The Balaban J connectivity index is 2.20. The van der Waals surface area contributed by atoms with E-state index in [1.807, 2.05) is 13.8 Å². The van der Waals surface area contributed by atoms with Crippen molar-refractivity contribution in [3.05, 3.63) is 46.6 Å². The molecule has 0 aliphatic rings. The molecular formula is C15H18N4O3. The number of aromatic nitrogens is 3. The summed E-state index contributed by atoms with van der Waals surface area (Å²) >= 11 is 0. The summed E-state index contributed by atoms with van der Waals surface area (Å²) in [5.74, 6) is 0.371. The number of amides is 1. The van der Waals surface area contributed by atoms with E-state index in [2.05, 4.69) is 15.3 Å². The van der Waals surface area contributed by atoms with Gasteiger partial charge in [0.05, 0.1) is 19.5 Å². The van der Waals surface area contributed by atoms with Gasteiger partial charge in [-0.05, 0) is 18.1 Å². The van der Waals surface area contributed by atoms with Crippen LogP contribution in [0, 0.1) is 5.92 Å². The maximum atomic E-state index is 12.3. The van der Waals surface area contributed by atoms with Gasteiger partial charge in [-0.1, -0.05) is 13.8 Å². The average Bonchev–Trinajstić information content (AvgIpc) is 2.49. The SMILES string of the molecule is COc1cnc(NC(=O)c2cccn(CC(C)C)c2=O)nc1. The molecule has 0 saturated heterocycles. The molecule has 2 rings (SSSR count). The average molecular weight is 302 g/mol. The lowest BCUT2D eigenvalue weighted by molar-refractivity contribution is 0.102. The van der Waals surface area contributed by atoms with Gasteiger partial charge in [0.1, 0.15) is 5.56 Å². The van der Waals surface area contributed by atoms with E-state index in [0.29, 0.717) is 18.2 Å². The quantitative estimate of drug-likeness (QED) is 0.905. The third kappa shape index (κ3) is 3.69. The highest BCUT2D eigenvalue weighted by molar-refractivity contribution is 6.02. The maximum absolute atomic E-state index is 12.3. The first-order valence-corrected chi connectivity index (χ1v) is 6.88. The zero-order valence-electron chi connectivity index (χ0n) is 12.7. The third-order valence-corrected chi connectivity index (χ3v) is 2.92. The molecule has 1 amide bonds. The molecule has 0 unspecified atom stereocenters. The fourth-order valence-electron chi connectivity index (χ4n) is 1.90. The summed E-state index contributed by atoms with van der Waals surface area (Å²) in [6.07, 6.45) is 4.54. The van der Waals surface area contributed by atoms with Gasteiger partial charge in [-0.3, -0.25) is 14.9 Å². The minimum Gasteiger partial charge on any atom is -0.494 e. The van der Waals surface area contributed by atoms with Crippen LogP contribution in [-0.4, -0.2) is 27.6 Å². The van der Waals surface area contributed by atoms with Crippen LogP contribution in [0.5, 0.6) is 5.75 Å². The topological polar surface area (TPSA) is 86.1 Å². The summed E-state index contributed by atoms with van der Waals surface area (Å²) in [6, 6.07) is 3.16. The van der Waals surface area contributed by atoms with Crippen LogP contribution in [0.3, 0.4) is 0 Å². The van der Waals surface area contributed by atoms with Crippen molar-refractivity contribution in [3.8, 4) is 5.75 Å². The molecule has 2 heterocycles. The van der Waals surface area contributed by atoms with Gasteiger partial charge in [0, 0.05) is 12.7 Å². The predicted molar refractivity (Wildman–Crippen MR) is 82.1 cm³/mol. The van der Waals surface area contributed by atoms with Crippen LogP contribution in [-0.2, 0) is 6.54 Å². The molecule has 0 aromatic carbocycles. The van der Waals surface area contributed by atoms with Gasteiger partial charge in [0.2, 0.25) is 5.95 Å². The molecule has 0 saturated carbocycles. The van der Waals surface area contributed by atoms with E-state index in [9.17, 15) is 9.59 Å². The molecule has 0 fully saturated rings. The van der Waals surface area contributed by atoms with Crippen LogP contribution >= 0.6 is 0 Å². The van der Waals surface area contributed by atoms with E-state index in [-0.39, 0.29) is 17.1 Å². The molecule has 0 radical (unpaired) electrons.